The quantitative estimate of drug-likeness (QED) is 0.233. The van der Waals surface area contributed by atoms with Crippen LogP contribution in [0.15, 0.2) is 65.6 Å². The van der Waals surface area contributed by atoms with E-state index in [0.29, 0.717) is 33.8 Å². The number of ether oxygens (including phenoxy) is 3. The van der Waals surface area contributed by atoms with Gasteiger partial charge in [0.15, 0.2) is 27.2 Å². The number of hydrogen-bond donors (Lipinski definition) is 2. The van der Waals surface area contributed by atoms with E-state index in [2.05, 4.69) is 15.3 Å². The number of aliphatic hydroxyl groups is 1. The van der Waals surface area contributed by atoms with E-state index in [1.54, 1.807) is 36.4 Å². The van der Waals surface area contributed by atoms with Crippen molar-refractivity contribution in [1.82, 2.24) is 9.97 Å². The van der Waals surface area contributed by atoms with Crippen LogP contribution < -0.4 is 19.5 Å². The summed E-state index contributed by atoms with van der Waals surface area (Å²) in [6, 6.07) is 18.0. The molecule has 4 rings (SSSR count). The molecule has 0 spiro atoms. The Hall–Kier alpha value is -4.25. The van der Waals surface area contributed by atoms with E-state index in [1.165, 1.54) is 38.5 Å². The fourth-order valence-corrected chi connectivity index (χ4v) is 5.85. The number of rotatable bonds is 13. The van der Waals surface area contributed by atoms with Gasteiger partial charge in [0.25, 0.3) is 0 Å². The minimum Gasteiger partial charge on any atom is -0.497 e. The molecule has 41 heavy (non-hydrogen) atoms. The number of aromatic nitrogens is 2. The summed E-state index contributed by atoms with van der Waals surface area (Å²) < 4.78 is 55.7. The molecule has 0 aliphatic rings. The summed E-state index contributed by atoms with van der Waals surface area (Å²) in [7, 11) is -2.20. The zero-order valence-corrected chi connectivity index (χ0v) is 24.0. The average molecular weight is 597 g/mol. The number of hydrogen-bond acceptors (Lipinski definition) is 11. The third kappa shape index (κ3) is 7.29. The molecule has 214 valence electrons. The fourth-order valence-electron chi connectivity index (χ4n) is 3.89. The number of fused-ring (bicyclic) bond motifs is 1. The highest BCUT2D eigenvalue weighted by Gasteiger charge is 2.23. The molecule has 0 radical (unpaired) electrons. The fraction of sp³-hybridized carbons (Fsp3) is 0.250. The third-order valence-corrected chi connectivity index (χ3v) is 8.83. The van der Waals surface area contributed by atoms with Crippen LogP contribution in [0.25, 0.3) is 11.0 Å². The van der Waals surface area contributed by atoms with Crippen LogP contribution in [0.3, 0.4) is 0 Å². The minimum absolute atomic E-state index is 0.0420. The molecule has 2 N–H and O–H groups in total. The van der Waals surface area contributed by atoms with E-state index in [4.69, 9.17) is 24.6 Å². The molecule has 0 aliphatic carbocycles. The van der Waals surface area contributed by atoms with Gasteiger partial charge in [-0.1, -0.05) is 12.1 Å². The number of anilines is 2. The zero-order chi connectivity index (χ0) is 29.4. The Kier molecular flexibility index (Phi) is 9.72. The Morgan fingerprint density at radius 1 is 1.00 bits per heavy atom. The Bertz CT molecular complexity index is 1710. The molecular formula is C28H28N4O7S2. The Labute approximate surface area is 240 Å². The van der Waals surface area contributed by atoms with E-state index >= 15 is 0 Å². The monoisotopic (exact) mass is 596 g/mol. The Balaban J connectivity index is 1.76. The van der Waals surface area contributed by atoms with Crippen LogP contribution in [0.5, 0.6) is 17.2 Å². The van der Waals surface area contributed by atoms with Crippen LogP contribution in [-0.4, -0.2) is 66.6 Å². The van der Waals surface area contributed by atoms with E-state index in [-0.39, 0.29) is 46.9 Å². The van der Waals surface area contributed by atoms with Crippen molar-refractivity contribution in [3.05, 3.63) is 71.9 Å². The van der Waals surface area contributed by atoms with Crippen LogP contribution in [0, 0.1) is 11.3 Å². The number of aliphatic hydroxyl groups excluding tert-OH is 1. The van der Waals surface area contributed by atoms with E-state index in [1.807, 2.05) is 6.07 Å². The number of para-hydroxylation sites is 2. The van der Waals surface area contributed by atoms with Crippen LogP contribution >= 0.6 is 0 Å². The molecule has 0 saturated carbocycles. The number of methoxy groups -OCH3 is 2. The van der Waals surface area contributed by atoms with Crippen molar-refractivity contribution in [2.45, 2.75) is 10.6 Å². The highest BCUT2D eigenvalue weighted by molar-refractivity contribution is 7.90. The van der Waals surface area contributed by atoms with E-state index in [0.717, 1.165) is 0 Å². The molecule has 1 unspecified atom stereocenters. The number of sulfone groups is 1. The molecule has 4 aromatic rings. The molecule has 3 aromatic carbocycles. The predicted octanol–water partition coefficient (Wildman–Crippen LogP) is 3.36. The smallest absolute Gasteiger partial charge is 0.185 e. The second-order valence-corrected chi connectivity index (χ2v) is 12.3. The van der Waals surface area contributed by atoms with Crippen LogP contribution in [0.2, 0.25) is 0 Å². The molecule has 0 saturated heterocycles. The van der Waals surface area contributed by atoms with Crippen LogP contribution in [0.4, 0.5) is 11.5 Å². The SMILES string of the molecule is COc1cc(Nc2nc3ccccc3nc2CS(=O)(=O)c2ccc(C#N)cc2)c(OCCS(=O)CCO)c(OC)c1. The van der Waals surface area contributed by atoms with Gasteiger partial charge in [-0.3, -0.25) is 4.21 Å². The van der Waals surface area contributed by atoms with E-state index < -0.39 is 26.4 Å². The molecule has 0 amide bonds. The highest BCUT2D eigenvalue weighted by atomic mass is 32.2. The first-order valence-electron chi connectivity index (χ1n) is 12.4. The minimum atomic E-state index is -3.87. The van der Waals surface area contributed by atoms with Crippen molar-refractivity contribution in [3.8, 4) is 23.3 Å². The lowest BCUT2D eigenvalue weighted by Crippen LogP contribution is -2.14. The summed E-state index contributed by atoms with van der Waals surface area (Å²) in [6.45, 7) is -0.132. The molecule has 1 atom stereocenters. The van der Waals surface area contributed by atoms with Gasteiger partial charge in [-0.15, -0.1) is 0 Å². The number of nitriles is 1. The summed E-state index contributed by atoms with van der Waals surface area (Å²) in [4.78, 5) is 9.32. The zero-order valence-electron chi connectivity index (χ0n) is 22.4. The highest BCUT2D eigenvalue weighted by Crippen LogP contribution is 2.41. The number of nitrogens with one attached hydrogen (secondary N) is 1. The maximum absolute atomic E-state index is 13.4. The van der Waals surface area contributed by atoms with Crippen molar-refractivity contribution >= 4 is 43.2 Å². The molecular weight excluding hydrogens is 568 g/mol. The summed E-state index contributed by atoms with van der Waals surface area (Å²) in [5, 5.41) is 21.3. The first kappa shape index (κ1) is 29.7. The lowest BCUT2D eigenvalue weighted by atomic mass is 10.2. The van der Waals surface area contributed by atoms with Gasteiger partial charge in [0, 0.05) is 28.7 Å². The third-order valence-electron chi connectivity index (χ3n) is 5.93. The van der Waals surface area contributed by atoms with Crippen molar-refractivity contribution in [1.29, 1.82) is 5.26 Å². The summed E-state index contributed by atoms with van der Waals surface area (Å²) in [6.07, 6.45) is 0. The van der Waals surface area contributed by atoms with Gasteiger partial charge in [-0.25, -0.2) is 18.4 Å². The first-order valence-corrected chi connectivity index (χ1v) is 15.5. The Morgan fingerprint density at radius 3 is 2.34 bits per heavy atom. The van der Waals surface area contributed by atoms with Gasteiger partial charge in [0.2, 0.25) is 0 Å². The summed E-state index contributed by atoms with van der Waals surface area (Å²) >= 11 is 0. The van der Waals surface area contributed by atoms with Gasteiger partial charge >= 0.3 is 0 Å². The molecule has 13 heteroatoms. The normalized spacial score (nSPS) is 12.0. The first-order chi connectivity index (χ1) is 19.8. The van der Waals surface area contributed by atoms with Gasteiger partial charge in [0.05, 0.1) is 65.5 Å². The second-order valence-electron chi connectivity index (χ2n) is 8.65. The van der Waals surface area contributed by atoms with Crippen molar-refractivity contribution in [2.75, 3.05) is 44.3 Å². The van der Waals surface area contributed by atoms with Gasteiger partial charge in [0.1, 0.15) is 18.1 Å². The Morgan fingerprint density at radius 2 is 1.71 bits per heavy atom. The standard InChI is InChI=1S/C28H28N4O7S2/c1-37-20-15-24(27(26(16-20)38-2)39-12-14-40(34)13-11-33)32-28-25(30-22-5-3-4-6-23(22)31-28)18-41(35,36)21-9-7-19(17-29)8-10-21/h3-10,15-16,33H,11-14,18H2,1-2H3,(H,31,32). The summed E-state index contributed by atoms with van der Waals surface area (Å²) in [5.41, 5.74) is 1.90. The van der Waals surface area contributed by atoms with Gasteiger partial charge in [-0.05, 0) is 36.4 Å². The second kappa shape index (κ2) is 13.4. The topological polar surface area (TPSA) is 161 Å². The maximum atomic E-state index is 13.4. The largest absolute Gasteiger partial charge is 0.497 e. The number of benzene rings is 3. The molecule has 1 aromatic heterocycles. The molecule has 0 aliphatic heterocycles. The molecule has 0 fully saturated rings. The predicted molar refractivity (Wildman–Crippen MR) is 155 cm³/mol. The van der Waals surface area contributed by atoms with Crippen molar-refractivity contribution in [2.24, 2.45) is 0 Å². The number of nitrogens with zero attached hydrogens (tertiary/aromatic N) is 3. The molecule has 11 nitrogen and oxygen atoms in total. The van der Waals surface area contributed by atoms with Crippen molar-refractivity contribution < 1.29 is 31.9 Å². The average Bonchev–Trinajstić information content (AvgIpc) is 2.97. The van der Waals surface area contributed by atoms with Crippen LogP contribution in [-0.2, 0) is 26.4 Å². The lowest BCUT2D eigenvalue weighted by Gasteiger charge is -2.19. The van der Waals surface area contributed by atoms with Gasteiger partial charge in [-0.2, -0.15) is 5.26 Å². The van der Waals surface area contributed by atoms with Crippen LogP contribution in [0.1, 0.15) is 11.3 Å². The molecule has 1 heterocycles. The lowest BCUT2D eigenvalue weighted by molar-refractivity contribution is 0.310. The molecule has 0 bridgehead atoms. The summed E-state index contributed by atoms with van der Waals surface area (Å²) in [5.74, 6) is 1.03. The maximum Gasteiger partial charge on any atom is 0.185 e. The van der Waals surface area contributed by atoms with Gasteiger partial charge < -0.3 is 24.6 Å². The van der Waals surface area contributed by atoms with E-state index in [9.17, 15) is 12.6 Å². The van der Waals surface area contributed by atoms with Crippen molar-refractivity contribution in [3.63, 3.8) is 0 Å².